The summed E-state index contributed by atoms with van der Waals surface area (Å²) in [4.78, 5) is -0.303. The number of rotatable bonds is 3. The van der Waals surface area contributed by atoms with Gasteiger partial charge in [-0.2, -0.15) is 5.26 Å². The molecule has 0 aliphatic rings. The Morgan fingerprint density at radius 2 is 1.94 bits per heavy atom. The van der Waals surface area contributed by atoms with Gasteiger partial charge in [0.2, 0.25) is 0 Å². The monoisotopic (exact) mass is 313 g/mol. The lowest BCUT2D eigenvalue weighted by atomic mass is 10.3. The fourth-order valence-corrected chi connectivity index (χ4v) is 2.79. The van der Waals surface area contributed by atoms with E-state index in [1.54, 1.807) is 0 Å². The number of benzene rings is 1. The van der Waals surface area contributed by atoms with E-state index in [1.807, 2.05) is 6.07 Å². The molecule has 0 spiro atoms. The molecular weight excluding hydrogens is 309 g/mol. The first-order valence-corrected chi connectivity index (χ1v) is 7.32. The zero-order valence-corrected chi connectivity index (χ0v) is 11.5. The summed E-state index contributed by atoms with van der Waals surface area (Å²) in [5.74, 6) is 0.120. The minimum atomic E-state index is -3.97. The van der Waals surface area contributed by atoms with E-state index in [1.165, 1.54) is 13.0 Å². The Kier molecular flexibility index (Phi) is 4.50. The molecule has 1 aromatic rings. The topological polar surface area (TPSA) is 67.2 Å². The van der Waals surface area contributed by atoms with Crippen molar-refractivity contribution in [2.75, 3.05) is 0 Å². The van der Waals surface area contributed by atoms with Crippen LogP contribution >= 0.6 is 33.9 Å². The average Bonchev–Trinajstić information content (AvgIpc) is 2.21. The molecule has 92 valence electrons. The van der Waals surface area contributed by atoms with Gasteiger partial charge < -0.3 is 4.74 Å². The maximum atomic E-state index is 11.1. The summed E-state index contributed by atoms with van der Waals surface area (Å²) >= 11 is 11.5. The van der Waals surface area contributed by atoms with Crippen LogP contribution < -0.4 is 4.74 Å². The Labute approximate surface area is 113 Å². The van der Waals surface area contributed by atoms with E-state index in [2.05, 4.69) is 0 Å². The first kappa shape index (κ1) is 14.4. The van der Waals surface area contributed by atoms with E-state index >= 15 is 0 Å². The van der Waals surface area contributed by atoms with Gasteiger partial charge in [0.05, 0.1) is 10.0 Å². The molecule has 0 saturated heterocycles. The van der Waals surface area contributed by atoms with Crippen LogP contribution in [0, 0.1) is 11.3 Å². The Balaban J connectivity index is 3.25. The third kappa shape index (κ3) is 3.65. The van der Waals surface area contributed by atoms with E-state index in [-0.39, 0.29) is 20.7 Å². The van der Waals surface area contributed by atoms with Crippen molar-refractivity contribution in [2.45, 2.75) is 17.9 Å². The summed E-state index contributed by atoms with van der Waals surface area (Å²) in [5, 5.41) is 8.46. The van der Waals surface area contributed by atoms with Gasteiger partial charge >= 0.3 is 0 Å². The number of nitrogens with zero attached hydrogens (tertiary/aromatic N) is 1. The van der Waals surface area contributed by atoms with Crippen molar-refractivity contribution < 1.29 is 13.2 Å². The molecule has 0 aliphatic heterocycles. The van der Waals surface area contributed by atoms with Crippen molar-refractivity contribution in [3.8, 4) is 11.8 Å². The highest BCUT2D eigenvalue weighted by Crippen LogP contribution is 2.35. The second-order valence-corrected chi connectivity index (χ2v) is 6.39. The van der Waals surface area contributed by atoms with Gasteiger partial charge in [-0.05, 0) is 13.0 Å². The molecule has 0 bridgehead atoms. The fourth-order valence-electron chi connectivity index (χ4n) is 1.00. The van der Waals surface area contributed by atoms with Gasteiger partial charge in [-0.25, -0.2) is 8.42 Å². The van der Waals surface area contributed by atoms with Crippen molar-refractivity contribution in [1.29, 1.82) is 5.26 Å². The Bertz CT molecular complexity index is 580. The van der Waals surface area contributed by atoms with Gasteiger partial charge in [0.1, 0.15) is 16.7 Å². The van der Waals surface area contributed by atoms with Crippen LogP contribution in [-0.4, -0.2) is 14.5 Å². The van der Waals surface area contributed by atoms with Gasteiger partial charge in [-0.15, -0.1) is 0 Å². The Morgan fingerprint density at radius 1 is 1.35 bits per heavy atom. The molecule has 0 saturated carbocycles. The van der Waals surface area contributed by atoms with Crippen molar-refractivity contribution in [3.05, 3.63) is 22.2 Å². The smallest absolute Gasteiger partial charge is 0.262 e. The molecule has 1 unspecified atom stereocenters. The van der Waals surface area contributed by atoms with Crippen LogP contribution in [-0.2, 0) is 9.05 Å². The molecule has 4 nitrogen and oxygen atoms in total. The molecule has 0 aliphatic carbocycles. The van der Waals surface area contributed by atoms with Crippen molar-refractivity contribution >= 4 is 42.9 Å². The lowest BCUT2D eigenvalue weighted by molar-refractivity contribution is 0.276. The van der Waals surface area contributed by atoms with Crippen molar-refractivity contribution in [2.24, 2.45) is 0 Å². The quantitative estimate of drug-likeness (QED) is 0.803. The molecule has 0 heterocycles. The van der Waals surface area contributed by atoms with Crippen LogP contribution in [0.2, 0.25) is 10.0 Å². The first-order valence-electron chi connectivity index (χ1n) is 4.25. The van der Waals surface area contributed by atoms with Crippen LogP contribution in [0.25, 0.3) is 0 Å². The maximum Gasteiger partial charge on any atom is 0.262 e. The molecule has 0 N–H and O–H groups in total. The predicted octanol–water partition coefficient (Wildman–Crippen LogP) is 3.21. The van der Waals surface area contributed by atoms with Gasteiger partial charge in [0.25, 0.3) is 9.05 Å². The number of nitriles is 1. The Morgan fingerprint density at radius 3 is 2.41 bits per heavy atom. The minimum absolute atomic E-state index is 0.00993. The summed E-state index contributed by atoms with van der Waals surface area (Å²) < 4.78 is 27.4. The van der Waals surface area contributed by atoms with E-state index < -0.39 is 15.2 Å². The summed E-state index contributed by atoms with van der Waals surface area (Å²) in [5.41, 5.74) is 0. The third-order valence-corrected chi connectivity index (χ3v) is 3.82. The maximum absolute atomic E-state index is 11.1. The van der Waals surface area contributed by atoms with E-state index in [9.17, 15) is 8.42 Å². The second kappa shape index (κ2) is 5.32. The molecule has 0 amide bonds. The van der Waals surface area contributed by atoms with Gasteiger partial charge in [-0.3, -0.25) is 0 Å². The lowest BCUT2D eigenvalue weighted by Crippen LogP contribution is -2.08. The van der Waals surface area contributed by atoms with E-state index in [0.717, 1.165) is 6.07 Å². The van der Waals surface area contributed by atoms with Crippen molar-refractivity contribution in [3.63, 3.8) is 0 Å². The van der Waals surface area contributed by atoms with Crippen LogP contribution in [0.3, 0.4) is 0 Å². The average molecular weight is 315 g/mol. The molecule has 0 aromatic heterocycles. The number of halogens is 3. The molecule has 1 aromatic carbocycles. The lowest BCUT2D eigenvalue weighted by Gasteiger charge is -2.11. The van der Waals surface area contributed by atoms with Crippen LogP contribution in [0.1, 0.15) is 6.92 Å². The second-order valence-electron chi connectivity index (χ2n) is 3.04. The van der Waals surface area contributed by atoms with Gasteiger partial charge in [-0.1, -0.05) is 23.2 Å². The van der Waals surface area contributed by atoms with Crippen LogP contribution in [0.4, 0.5) is 0 Å². The standard InChI is InChI=1S/C9H6Cl3NO3S/c1-5(4-13)16-8-2-7(11)9(3-6(8)10)17(12,14)15/h2-3,5H,1H3. The summed E-state index contributed by atoms with van der Waals surface area (Å²) in [6.07, 6.45) is -0.734. The van der Waals surface area contributed by atoms with Crippen LogP contribution in [0.15, 0.2) is 17.0 Å². The molecule has 17 heavy (non-hydrogen) atoms. The highest BCUT2D eigenvalue weighted by molar-refractivity contribution is 8.13. The zero-order valence-electron chi connectivity index (χ0n) is 8.45. The number of hydrogen-bond acceptors (Lipinski definition) is 4. The number of hydrogen-bond donors (Lipinski definition) is 0. The first-order chi connectivity index (χ1) is 7.75. The minimum Gasteiger partial charge on any atom is -0.474 e. The highest BCUT2D eigenvalue weighted by Gasteiger charge is 2.19. The predicted molar refractivity (Wildman–Crippen MR) is 65.2 cm³/mol. The fraction of sp³-hybridized carbons (Fsp3) is 0.222. The highest BCUT2D eigenvalue weighted by atomic mass is 35.7. The number of ether oxygens (including phenoxy) is 1. The molecule has 8 heteroatoms. The summed E-state index contributed by atoms with van der Waals surface area (Å²) in [6.45, 7) is 1.51. The SMILES string of the molecule is CC(C#N)Oc1cc(Cl)c(S(=O)(=O)Cl)cc1Cl. The molecule has 1 atom stereocenters. The molecule has 0 radical (unpaired) electrons. The van der Waals surface area contributed by atoms with Crippen molar-refractivity contribution in [1.82, 2.24) is 0 Å². The van der Waals surface area contributed by atoms with Gasteiger partial charge in [0.15, 0.2) is 6.10 Å². The Hall–Kier alpha value is -0.670. The largest absolute Gasteiger partial charge is 0.474 e. The summed E-state index contributed by atoms with van der Waals surface area (Å²) in [6, 6.07) is 4.11. The van der Waals surface area contributed by atoms with Gasteiger partial charge in [0, 0.05) is 16.7 Å². The normalized spacial score (nSPS) is 12.9. The molecule has 1 rings (SSSR count). The third-order valence-electron chi connectivity index (χ3n) is 1.73. The van der Waals surface area contributed by atoms with E-state index in [0.29, 0.717) is 0 Å². The molecule has 0 fully saturated rings. The summed E-state index contributed by atoms with van der Waals surface area (Å²) in [7, 11) is 1.19. The molecular formula is C9H6Cl3NO3S. The van der Waals surface area contributed by atoms with Crippen LogP contribution in [0.5, 0.6) is 5.75 Å². The van der Waals surface area contributed by atoms with E-state index in [4.69, 9.17) is 43.9 Å². The zero-order chi connectivity index (χ0) is 13.2.